The number of para-hydroxylation sites is 3. The molecule has 0 aliphatic heterocycles. The minimum absolute atomic E-state index is 0.512. The molecule has 0 aliphatic rings. The van der Waals surface area contributed by atoms with E-state index < -0.39 is 0 Å². The number of rotatable bonds is 3. The Morgan fingerprint density at radius 3 is 1.67 bits per heavy atom. The molecule has 0 N–H and O–H groups in total. The first-order chi connectivity index (χ1) is 23.6. The molecule has 4 heterocycles. The highest BCUT2D eigenvalue weighted by atomic mass is 35.5. The number of imidazole rings is 1. The van der Waals surface area contributed by atoms with Crippen LogP contribution in [0.5, 0.6) is 0 Å². The molecule has 48 heavy (non-hydrogen) atoms. The van der Waals surface area contributed by atoms with Crippen molar-refractivity contribution in [3.8, 4) is 28.7 Å². The lowest BCUT2D eigenvalue weighted by Crippen LogP contribution is -2.06. The van der Waals surface area contributed by atoms with Gasteiger partial charge in [-0.15, -0.1) is 0 Å². The molecule has 0 radical (unpaired) electrons. The monoisotopic (exact) mass is 656 g/mol. The predicted octanol–water partition coefficient (Wildman–Crippen LogP) is 10.7. The van der Waals surface area contributed by atoms with Crippen molar-refractivity contribution in [2.24, 2.45) is 0 Å². The summed E-state index contributed by atoms with van der Waals surface area (Å²) in [6.45, 7) is 0. The van der Waals surface area contributed by atoms with E-state index in [1.165, 1.54) is 0 Å². The van der Waals surface area contributed by atoms with Crippen LogP contribution in [0, 0.1) is 0 Å². The third-order valence-electron chi connectivity index (χ3n) is 9.08. The van der Waals surface area contributed by atoms with E-state index in [9.17, 15) is 0 Å². The number of hydrogen-bond donors (Lipinski definition) is 0. The maximum atomic E-state index is 6.26. The molecule has 10 rings (SSSR count). The van der Waals surface area contributed by atoms with Crippen molar-refractivity contribution in [1.82, 2.24) is 28.9 Å². The summed E-state index contributed by atoms with van der Waals surface area (Å²) in [6.07, 6.45) is 0. The van der Waals surface area contributed by atoms with Gasteiger partial charge in [0.15, 0.2) is 11.6 Å². The summed E-state index contributed by atoms with van der Waals surface area (Å²) >= 11 is 12.5. The van der Waals surface area contributed by atoms with Gasteiger partial charge in [0, 0.05) is 42.7 Å². The number of pyridine rings is 1. The minimum Gasteiger partial charge on any atom is -0.292 e. The maximum Gasteiger partial charge on any atom is 0.238 e. The summed E-state index contributed by atoms with van der Waals surface area (Å²) in [4.78, 5) is 20.2. The summed E-state index contributed by atoms with van der Waals surface area (Å²) in [5.74, 6) is 1.60. The van der Waals surface area contributed by atoms with Crippen LogP contribution < -0.4 is 0 Å². The Morgan fingerprint density at radius 1 is 0.417 bits per heavy atom. The summed E-state index contributed by atoms with van der Waals surface area (Å²) in [5, 5.41) is 6.92. The number of aromatic nitrogens is 6. The molecule has 4 aromatic heterocycles. The van der Waals surface area contributed by atoms with E-state index in [1.807, 2.05) is 54.6 Å². The van der Waals surface area contributed by atoms with E-state index in [1.54, 1.807) is 0 Å². The van der Waals surface area contributed by atoms with Crippen LogP contribution in [0.4, 0.5) is 0 Å². The van der Waals surface area contributed by atoms with E-state index in [-0.39, 0.29) is 0 Å². The molecule has 10 aromatic rings. The van der Waals surface area contributed by atoms with Crippen LogP contribution >= 0.6 is 23.2 Å². The van der Waals surface area contributed by atoms with Crippen molar-refractivity contribution in [1.29, 1.82) is 0 Å². The van der Waals surface area contributed by atoms with Gasteiger partial charge in [-0.2, -0.15) is 9.97 Å². The Balaban J connectivity index is 1.35. The van der Waals surface area contributed by atoms with Crippen LogP contribution in [0.15, 0.2) is 133 Å². The van der Waals surface area contributed by atoms with Crippen LogP contribution in [0.3, 0.4) is 0 Å². The standard InChI is InChI=1S/C40H22Cl2N6/c41-25-17-13-23(14-18-25)37-44-38(24-15-19-26(42)20-16-24)46-40(45-37)48-33-11-5-3-8-28(33)31-21-30-27-7-1-2-9-29(27)39-43-32-10-4-6-12-34(32)47(39)35(30)22-36(31)48/h1-22H. The first-order valence-electron chi connectivity index (χ1n) is 15.5. The van der Waals surface area contributed by atoms with E-state index >= 15 is 0 Å². The van der Waals surface area contributed by atoms with Gasteiger partial charge in [0.1, 0.15) is 5.65 Å². The predicted molar refractivity (Wildman–Crippen MR) is 196 cm³/mol. The zero-order valence-corrected chi connectivity index (χ0v) is 26.7. The molecule has 6 nitrogen and oxygen atoms in total. The van der Waals surface area contributed by atoms with Crippen molar-refractivity contribution in [3.63, 3.8) is 0 Å². The first-order valence-corrected chi connectivity index (χ1v) is 16.3. The zero-order chi connectivity index (χ0) is 31.9. The number of benzene rings is 6. The lowest BCUT2D eigenvalue weighted by atomic mass is 10.0. The van der Waals surface area contributed by atoms with E-state index in [0.717, 1.165) is 71.3 Å². The van der Waals surface area contributed by atoms with Gasteiger partial charge in [-0.05, 0) is 84.2 Å². The van der Waals surface area contributed by atoms with Crippen molar-refractivity contribution >= 4 is 83.4 Å². The second-order valence-corrected chi connectivity index (χ2v) is 12.7. The highest BCUT2D eigenvalue weighted by Crippen LogP contribution is 2.39. The smallest absolute Gasteiger partial charge is 0.238 e. The van der Waals surface area contributed by atoms with Gasteiger partial charge in [-0.1, -0.05) is 77.8 Å². The van der Waals surface area contributed by atoms with Gasteiger partial charge in [-0.3, -0.25) is 8.97 Å². The first kappa shape index (κ1) is 27.3. The lowest BCUT2D eigenvalue weighted by molar-refractivity contribution is 0.953. The van der Waals surface area contributed by atoms with E-state index in [0.29, 0.717) is 27.6 Å². The zero-order valence-electron chi connectivity index (χ0n) is 25.1. The molecule has 0 bridgehead atoms. The van der Waals surface area contributed by atoms with Crippen LogP contribution in [-0.4, -0.2) is 28.9 Å². The molecule has 0 fully saturated rings. The number of hydrogen-bond acceptors (Lipinski definition) is 4. The molecule has 0 saturated heterocycles. The van der Waals surface area contributed by atoms with E-state index in [2.05, 4.69) is 87.8 Å². The topological polar surface area (TPSA) is 60.9 Å². The van der Waals surface area contributed by atoms with Crippen molar-refractivity contribution in [2.45, 2.75) is 0 Å². The molecule has 8 heteroatoms. The summed E-state index contributed by atoms with van der Waals surface area (Å²) in [5.41, 5.74) is 7.64. The maximum absolute atomic E-state index is 6.26. The fourth-order valence-electron chi connectivity index (χ4n) is 6.90. The van der Waals surface area contributed by atoms with Gasteiger partial charge in [0.25, 0.3) is 0 Å². The third-order valence-corrected chi connectivity index (χ3v) is 9.58. The molecule has 0 atom stereocenters. The van der Waals surface area contributed by atoms with Gasteiger partial charge >= 0.3 is 0 Å². The Kier molecular flexibility index (Phi) is 5.88. The van der Waals surface area contributed by atoms with Crippen LogP contribution in [-0.2, 0) is 0 Å². The van der Waals surface area contributed by atoms with Gasteiger partial charge in [0.05, 0.1) is 27.6 Å². The molecule has 0 aliphatic carbocycles. The SMILES string of the molecule is Clc1ccc(-c2nc(-c3ccc(Cl)cc3)nc(-n3c4ccccc4c4cc5c6ccccc6c6nc7ccccc7n6c5cc43)n2)cc1. The average Bonchev–Trinajstić information content (AvgIpc) is 3.68. The molecule has 6 aromatic carbocycles. The molecule has 0 saturated carbocycles. The Bertz CT molecular complexity index is 2840. The van der Waals surface area contributed by atoms with Crippen LogP contribution in [0.2, 0.25) is 10.0 Å². The number of fused-ring (bicyclic) bond motifs is 11. The molecule has 0 spiro atoms. The molecule has 0 unspecified atom stereocenters. The Morgan fingerprint density at radius 2 is 0.979 bits per heavy atom. The van der Waals surface area contributed by atoms with Crippen LogP contribution in [0.1, 0.15) is 0 Å². The van der Waals surface area contributed by atoms with Crippen molar-refractivity contribution < 1.29 is 0 Å². The molecule has 226 valence electrons. The normalized spacial score (nSPS) is 12.0. The summed E-state index contributed by atoms with van der Waals surface area (Å²) < 4.78 is 4.42. The molecule has 0 amide bonds. The summed E-state index contributed by atoms with van der Waals surface area (Å²) in [6, 6.07) is 44.9. The second kappa shape index (κ2) is 10.3. The quantitative estimate of drug-likeness (QED) is 0.177. The largest absolute Gasteiger partial charge is 0.292 e. The Hall–Kier alpha value is -5.82. The number of halogens is 2. The minimum atomic E-state index is 0.512. The lowest BCUT2D eigenvalue weighted by Gasteiger charge is -2.12. The van der Waals surface area contributed by atoms with Crippen molar-refractivity contribution in [3.05, 3.63) is 144 Å². The molecular weight excluding hydrogens is 635 g/mol. The van der Waals surface area contributed by atoms with Gasteiger partial charge in [-0.25, -0.2) is 9.97 Å². The Labute approximate surface area is 283 Å². The average molecular weight is 658 g/mol. The fraction of sp³-hybridized carbons (Fsp3) is 0. The van der Waals surface area contributed by atoms with Crippen LogP contribution in [0.25, 0.3) is 88.9 Å². The van der Waals surface area contributed by atoms with E-state index in [4.69, 9.17) is 43.1 Å². The summed E-state index contributed by atoms with van der Waals surface area (Å²) in [7, 11) is 0. The van der Waals surface area contributed by atoms with Gasteiger partial charge < -0.3 is 0 Å². The second-order valence-electron chi connectivity index (χ2n) is 11.8. The van der Waals surface area contributed by atoms with Crippen molar-refractivity contribution in [2.75, 3.05) is 0 Å². The third kappa shape index (κ3) is 4.06. The highest BCUT2D eigenvalue weighted by molar-refractivity contribution is 6.31. The van der Waals surface area contributed by atoms with Gasteiger partial charge in [0.2, 0.25) is 5.95 Å². The highest BCUT2D eigenvalue weighted by Gasteiger charge is 2.21. The number of nitrogens with zero attached hydrogens (tertiary/aromatic N) is 6. The fourth-order valence-corrected chi connectivity index (χ4v) is 7.16. The molecular formula is C40H22Cl2N6.